The van der Waals surface area contributed by atoms with Crippen LogP contribution in [-0.4, -0.2) is 78.2 Å². The number of hydrogen-bond acceptors (Lipinski definition) is 7. The summed E-state index contributed by atoms with van der Waals surface area (Å²) in [6, 6.07) is -1.34. The molecule has 9 nitrogen and oxygen atoms in total. The third kappa shape index (κ3) is 2.57. The van der Waals surface area contributed by atoms with Gasteiger partial charge in [0.15, 0.2) is 17.3 Å². The minimum absolute atomic E-state index is 0.125. The van der Waals surface area contributed by atoms with Crippen molar-refractivity contribution in [2.24, 2.45) is 0 Å². The normalized spacial score (nSPS) is 55.7. The molecule has 0 aromatic heterocycles. The van der Waals surface area contributed by atoms with Crippen molar-refractivity contribution in [1.82, 2.24) is 9.80 Å². The van der Waals surface area contributed by atoms with Gasteiger partial charge in [-0.15, -0.1) is 0 Å². The van der Waals surface area contributed by atoms with Gasteiger partial charge < -0.3 is 28.6 Å². The maximum absolute atomic E-state index is 13.3. The van der Waals surface area contributed by atoms with Crippen LogP contribution in [0.15, 0.2) is 16.6 Å². The van der Waals surface area contributed by atoms with Crippen molar-refractivity contribution < 1.29 is 41.5 Å². The quantitative estimate of drug-likeness (QED) is 0.465. The van der Waals surface area contributed by atoms with E-state index in [1.54, 1.807) is 0 Å². The van der Waals surface area contributed by atoms with Crippen LogP contribution in [-0.2, 0) is 19.0 Å². The van der Waals surface area contributed by atoms with Crippen LogP contribution in [0.5, 0.6) is 11.5 Å². The summed E-state index contributed by atoms with van der Waals surface area (Å²) in [5, 5.41) is 0. The Morgan fingerprint density at radius 1 is 1.10 bits per heavy atom. The molecule has 6 rings (SSSR count). The van der Waals surface area contributed by atoms with E-state index >= 15 is 0 Å². The molecule has 1 aliphatic carbocycles. The fraction of sp³-hybridized carbons (Fsp3) is 0.600. The zero-order chi connectivity index (χ0) is 26.5. The van der Waals surface area contributed by atoms with Crippen LogP contribution in [0.1, 0.15) is 33.5 Å². The highest BCUT2D eigenvalue weighted by Gasteiger charge is 2.68. The second kappa shape index (κ2) is 6.09. The van der Waals surface area contributed by atoms with Gasteiger partial charge >= 0.3 is 6.03 Å². The Bertz CT molecular complexity index is 1280. The second-order valence-electron chi connectivity index (χ2n) is 7.75. The summed E-state index contributed by atoms with van der Waals surface area (Å²) in [7, 11) is 1.18. The molecule has 0 N–H and O–H groups in total. The van der Waals surface area contributed by atoms with Crippen LogP contribution in [0, 0.1) is 0 Å². The number of urea groups is 1. The molecule has 10 heteroatoms. The Morgan fingerprint density at radius 2 is 1.80 bits per heavy atom. The highest BCUT2D eigenvalue weighted by Crippen LogP contribution is 2.56. The average Bonchev–Trinajstić information content (AvgIpc) is 3.05. The highest BCUT2D eigenvalue weighted by molar-refractivity contribution is 9.10. The van der Waals surface area contributed by atoms with Gasteiger partial charge in [0.25, 0.3) is 0 Å². The van der Waals surface area contributed by atoms with Crippen molar-refractivity contribution in [3.63, 3.8) is 0 Å². The van der Waals surface area contributed by atoms with Crippen molar-refractivity contribution in [1.29, 1.82) is 0 Å². The zero-order valence-corrected chi connectivity index (χ0v) is 17.8. The van der Waals surface area contributed by atoms with E-state index in [-0.39, 0.29) is 22.6 Å². The topological polar surface area (TPSA) is 90.1 Å². The van der Waals surface area contributed by atoms with E-state index in [0.29, 0.717) is 15.5 Å². The Kier molecular flexibility index (Phi) is 2.74. The number of epoxide rings is 1. The van der Waals surface area contributed by atoms with Crippen LogP contribution in [0.2, 0.25) is 0 Å². The van der Waals surface area contributed by atoms with Crippen LogP contribution in [0.4, 0.5) is 4.79 Å². The van der Waals surface area contributed by atoms with E-state index in [1.165, 1.54) is 33.0 Å². The van der Waals surface area contributed by atoms with Gasteiger partial charge in [-0.3, -0.25) is 9.69 Å². The van der Waals surface area contributed by atoms with Crippen molar-refractivity contribution in [2.75, 3.05) is 20.4 Å². The molecule has 4 fully saturated rings. The standard InChI is InChI=1S/C20H21BrN2O7/c1-20(2)29-16-14(23-6-12(24)22(3)19(23)25)13(15-17(28-15)18(16)30-20)8-4-10-11(5-9(8)21)27-7-26-10/h4-5,13-18H,6-7H2,1-3H3/t13-,14-,15+,16+,17+,18+/m1/s1/i13D,14D,15D,16D,17D,18D. The van der Waals surface area contributed by atoms with Crippen molar-refractivity contribution in [3.8, 4) is 11.5 Å². The predicted octanol–water partition coefficient (Wildman–Crippen LogP) is 1.83. The smallest absolute Gasteiger partial charge is 0.327 e. The number of fused-ring (bicyclic) bond motifs is 4. The molecule has 4 heterocycles. The zero-order valence-electron chi connectivity index (χ0n) is 22.2. The number of amides is 3. The number of rotatable bonds is 2. The van der Waals surface area contributed by atoms with Crippen molar-refractivity contribution in [2.45, 2.75) is 55.9 Å². The fourth-order valence-corrected chi connectivity index (χ4v) is 4.43. The number of carbonyl (C=O) groups is 2. The molecule has 160 valence electrons. The predicted molar refractivity (Wildman–Crippen MR) is 104 cm³/mol. The van der Waals surface area contributed by atoms with Gasteiger partial charge in [0.1, 0.15) is 24.8 Å². The van der Waals surface area contributed by atoms with E-state index in [9.17, 15) is 15.1 Å². The fourth-order valence-electron chi connectivity index (χ4n) is 3.91. The van der Waals surface area contributed by atoms with E-state index in [1.807, 2.05) is 0 Å². The lowest BCUT2D eigenvalue weighted by molar-refractivity contribution is -0.152. The average molecular weight is 487 g/mol. The molecule has 0 unspecified atom stereocenters. The third-order valence-electron chi connectivity index (χ3n) is 5.34. The molecule has 4 aliphatic heterocycles. The molecule has 1 aromatic carbocycles. The summed E-state index contributed by atoms with van der Waals surface area (Å²) >= 11 is 3.33. The van der Waals surface area contributed by atoms with Gasteiger partial charge in [0.2, 0.25) is 12.7 Å². The lowest BCUT2D eigenvalue weighted by Gasteiger charge is -2.41. The maximum Gasteiger partial charge on any atom is 0.327 e. The molecular formula is C20H21BrN2O7. The molecule has 30 heavy (non-hydrogen) atoms. The molecule has 3 amide bonds. The highest BCUT2D eigenvalue weighted by atomic mass is 79.9. The summed E-state index contributed by atoms with van der Waals surface area (Å²) in [6.07, 6.45) is -11.3. The minimum Gasteiger partial charge on any atom is -0.454 e. The van der Waals surface area contributed by atoms with Crippen LogP contribution < -0.4 is 9.47 Å². The Morgan fingerprint density at radius 3 is 2.50 bits per heavy atom. The van der Waals surface area contributed by atoms with Gasteiger partial charge in [0.05, 0.1) is 19.0 Å². The first-order valence-electron chi connectivity index (χ1n) is 12.2. The summed E-state index contributed by atoms with van der Waals surface area (Å²) < 4.78 is 84.1. The molecule has 0 spiro atoms. The van der Waals surface area contributed by atoms with E-state index in [2.05, 4.69) is 15.9 Å². The lowest BCUT2D eigenvalue weighted by atomic mass is 9.76. The third-order valence-corrected chi connectivity index (χ3v) is 6.00. The number of benzene rings is 1. The monoisotopic (exact) mass is 486 g/mol. The summed E-state index contributed by atoms with van der Waals surface area (Å²) in [6.45, 7) is 1.84. The Labute approximate surface area is 189 Å². The molecule has 0 bridgehead atoms. The van der Waals surface area contributed by atoms with E-state index < -0.39 is 60.5 Å². The van der Waals surface area contributed by atoms with Gasteiger partial charge in [-0.05, 0) is 31.5 Å². The number of nitrogens with zero attached hydrogens (tertiary/aromatic N) is 2. The molecule has 1 aromatic rings. The van der Waals surface area contributed by atoms with Crippen molar-refractivity contribution in [3.05, 3.63) is 22.2 Å². The number of carbonyl (C=O) groups excluding carboxylic acids is 2. The number of imide groups is 1. The molecule has 5 aliphatic rings. The summed E-state index contributed by atoms with van der Waals surface area (Å²) in [5.41, 5.74) is -0.164. The minimum atomic E-state index is -3.04. The van der Waals surface area contributed by atoms with Gasteiger partial charge in [0, 0.05) is 18.8 Å². The van der Waals surface area contributed by atoms with Crippen LogP contribution in [0.25, 0.3) is 0 Å². The molecular weight excluding hydrogens is 460 g/mol. The van der Waals surface area contributed by atoms with Crippen molar-refractivity contribution >= 4 is 27.9 Å². The van der Waals surface area contributed by atoms with E-state index in [0.717, 1.165) is 0 Å². The molecule has 1 saturated carbocycles. The largest absolute Gasteiger partial charge is 0.454 e. The Balaban J connectivity index is 1.71. The second-order valence-corrected chi connectivity index (χ2v) is 8.61. The van der Waals surface area contributed by atoms with Crippen LogP contribution >= 0.6 is 15.9 Å². The number of hydrogen-bond donors (Lipinski definition) is 0. The first-order valence-corrected chi connectivity index (χ1v) is 10.0. The molecule has 0 radical (unpaired) electrons. The maximum atomic E-state index is 13.3. The summed E-state index contributed by atoms with van der Waals surface area (Å²) in [5.74, 6) is -4.83. The number of likely N-dealkylation sites (N-methyl/N-ethyl adjacent to an activating group) is 1. The first-order chi connectivity index (χ1) is 16.4. The molecule has 3 saturated heterocycles. The van der Waals surface area contributed by atoms with Gasteiger partial charge in [-0.25, -0.2) is 4.79 Å². The summed E-state index contributed by atoms with van der Waals surface area (Å²) in [4.78, 5) is 27.2. The Hall–Kier alpha value is -1.88. The van der Waals surface area contributed by atoms with E-state index in [4.69, 9.17) is 26.4 Å². The van der Waals surface area contributed by atoms with Gasteiger partial charge in [-0.1, -0.05) is 15.9 Å². The number of ether oxygens (including phenoxy) is 5. The first kappa shape index (κ1) is 13.5. The van der Waals surface area contributed by atoms with Crippen LogP contribution in [0.3, 0.4) is 0 Å². The SMILES string of the molecule is [2H][C@]12O[C@@]1([2H])[C@]([2H])(c1cc3c(cc1Br)OCO3)[C@@]([2H])(N1CC(=O)N(C)C1=O)[C@]1([2H])OC(C)(C)O[C@]21[2H]. The lowest BCUT2D eigenvalue weighted by Crippen LogP contribution is -2.57. The van der Waals surface area contributed by atoms with Gasteiger partial charge in [-0.2, -0.15) is 0 Å². The molecule has 6 atom stereocenters. The number of halogens is 1.